The minimum Gasteiger partial charge on any atom is -0.375 e. The Morgan fingerprint density at radius 3 is 2.42 bits per heavy atom. The molecule has 0 unspecified atom stereocenters. The average molecular weight is 369 g/mol. The molecule has 0 aliphatic heterocycles. The van der Waals surface area contributed by atoms with Gasteiger partial charge in [0.1, 0.15) is 5.82 Å². The third-order valence-corrected chi connectivity index (χ3v) is 3.91. The average Bonchev–Trinajstić information content (AvgIpc) is 2.60. The van der Waals surface area contributed by atoms with Crippen molar-refractivity contribution in [3.63, 3.8) is 0 Å². The van der Waals surface area contributed by atoms with Crippen LogP contribution in [0.1, 0.15) is 29.2 Å². The van der Waals surface area contributed by atoms with Gasteiger partial charge in [0.05, 0.1) is 11.7 Å². The van der Waals surface area contributed by atoms with Crippen LogP contribution in [-0.2, 0) is 22.1 Å². The molecule has 1 N–H and O–H groups in total. The quantitative estimate of drug-likeness (QED) is 0.740. The molecule has 1 atom stereocenters. The van der Waals surface area contributed by atoms with E-state index < -0.39 is 23.7 Å². The molecule has 2 rings (SSSR count). The zero-order valence-corrected chi connectivity index (χ0v) is 14.1. The van der Waals surface area contributed by atoms with Crippen molar-refractivity contribution >= 4 is 5.91 Å². The monoisotopic (exact) mass is 369 g/mol. The van der Waals surface area contributed by atoms with Crippen LogP contribution < -0.4 is 5.32 Å². The number of hydrogen-bond donors (Lipinski definition) is 1. The Morgan fingerprint density at radius 2 is 1.85 bits per heavy atom. The summed E-state index contributed by atoms with van der Waals surface area (Å²) in [5.74, 6) is -0.651. The highest BCUT2D eigenvalue weighted by molar-refractivity contribution is 5.76. The summed E-state index contributed by atoms with van der Waals surface area (Å²) >= 11 is 0. The second-order valence-corrected chi connectivity index (χ2v) is 5.78. The standard InChI is InChI=1S/C19H19F4NO2/c1-26-17(14-3-2-4-16(20)11-14)12-24-18(25)10-7-13-5-8-15(9-6-13)19(21,22)23/h2-6,8-9,11,17H,7,10,12H2,1H3,(H,24,25)/t17-/m0/s1. The van der Waals surface area contributed by atoms with E-state index in [1.54, 1.807) is 12.1 Å². The van der Waals surface area contributed by atoms with Crippen molar-refractivity contribution in [3.8, 4) is 0 Å². The number of amides is 1. The first-order chi connectivity index (χ1) is 12.3. The van der Waals surface area contributed by atoms with Gasteiger partial charge >= 0.3 is 6.18 Å². The van der Waals surface area contributed by atoms with Crippen molar-refractivity contribution in [1.29, 1.82) is 0 Å². The van der Waals surface area contributed by atoms with Crippen LogP contribution in [0.4, 0.5) is 17.6 Å². The second kappa shape index (κ2) is 8.80. The van der Waals surface area contributed by atoms with Crippen molar-refractivity contribution in [2.24, 2.45) is 0 Å². The van der Waals surface area contributed by atoms with E-state index in [0.717, 1.165) is 12.1 Å². The van der Waals surface area contributed by atoms with Crippen LogP contribution in [0.15, 0.2) is 48.5 Å². The highest BCUT2D eigenvalue weighted by Gasteiger charge is 2.29. The van der Waals surface area contributed by atoms with E-state index in [2.05, 4.69) is 5.32 Å². The molecule has 0 radical (unpaired) electrons. The number of benzene rings is 2. The number of carbonyl (C=O) groups is 1. The van der Waals surface area contributed by atoms with E-state index in [9.17, 15) is 22.4 Å². The summed E-state index contributed by atoms with van der Waals surface area (Å²) in [6.07, 6.45) is -4.41. The SMILES string of the molecule is CO[C@@H](CNC(=O)CCc1ccc(C(F)(F)F)cc1)c1cccc(F)c1. The van der Waals surface area contributed by atoms with Gasteiger partial charge in [-0.2, -0.15) is 13.2 Å². The Labute approximate surface area is 149 Å². The van der Waals surface area contributed by atoms with E-state index in [1.165, 1.54) is 31.4 Å². The lowest BCUT2D eigenvalue weighted by Gasteiger charge is -2.16. The number of rotatable bonds is 7. The molecule has 140 valence electrons. The zero-order chi connectivity index (χ0) is 19.2. The van der Waals surface area contributed by atoms with Gasteiger partial charge in [0.15, 0.2) is 0 Å². The fourth-order valence-electron chi connectivity index (χ4n) is 2.46. The predicted molar refractivity (Wildman–Crippen MR) is 88.9 cm³/mol. The fourth-order valence-corrected chi connectivity index (χ4v) is 2.46. The first kappa shape index (κ1) is 19.9. The molecule has 0 heterocycles. The largest absolute Gasteiger partial charge is 0.416 e. The maximum Gasteiger partial charge on any atom is 0.416 e. The van der Waals surface area contributed by atoms with Crippen molar-refractivity contribution < 1.29 is 27.1 Å². The van der Waals surface area contributed by atoms with Gasteiger partial charge in [0.25, 0.3) is 0 Å². The Kier molecular flexibility index (Phi) is 6.74. The summed E-state index contributed by atoms with van der Waals surface area (Å²) in [6, 6.07) is 10.6. The van der Waals surface area contributed by atoms with E-state index in [-0.39, 0.29) is 18.9 Å². The minimum atomic E-state index is -4.37. The first-order valence-electron chi connectivity index (χ1n) is 8.00. The van der Waals surface area contributed by atoms with E-state index in [1.807, 2.05) is 0 Å². The number of halogens is 4. The van der Waals surface area contributed by atoms with E-state index in [0.29, 0.717) is 17.5 Å². The molecule has 0 aliphatic rings. The smallest absolute Gasteiger partial charge is 0.375 e. The first-order valence-corrected chi connectivity index (χ1v) is 8.00. The van der Waals surface area contributed by atoms with Crippen molar-refractivity contribution in [3.05, 3.63) is 71.0 Å². The number of carbonyl (C=O) groups excluding carboxylic acids is 1. The molecule has 1 amide bonds. The molecule has 26 heavy (non-hydrogen) atoms. The highest BCUT2D eigenvalue weighted by Crippen LogP contribution is 2.29. The fraction of sp³-hybridized carbons (Fsp3) is 0.316. The van der Waals surface area contributed by atoms with Crippen LogP contribution in [0, 0.1) is 5.82 Å². The topological polar surface area (TPSA) is 38.3 Å². The molecule has 7 heteroatoms. The molecule has 0 bridgehead atoms. The van der Waals surface area contributed by atoms with Gasteiger partial charge in [-0.25, -0.2) is 4.39 Å². The number of hydrogen-bond acceptors (Lipinski definition) is 2. The number of aryl methyl sites for hydroxylation is 1. The molecule has 3 nitrogen and oxygen atoms in total. The lowest BCUT2D eigenvalue weighted by atomic mass is 10.1. The van der Waals surface area contributed by atoms with Crippen molar-refractivity contribution in [2.75, 3.05) is 13.7 Å². The van der Waals surface area contributed by atoms with Gasteiger partial charge in [-0.05, 0) is 41.8 Å². The van der Waals surface area contributed by atoms with Gasteiger partial charge in [-0.3, -0.25) is 4.79 Å². The Balaban J connectivity index is 1.83. The summed E-state index contributed by atoms with van der Waals surface area (Å²) in [4.78, 5) is 11.9. The molecule has 0 aromatic heterocycles. The van der Waals surface area contributed by atoms with E-state index >= 15 is 0 Å². The third kappa shape index (κ3) is 5.84. The molecule has 0 saturated carbocycles. The van der Waals surface area contributed by atoms with Gasteiger partial charge < -0.3 is 10.1 Å². The van der Waals surface area contributed by atoms with Crippen LogP contribution >= 0.6 is 0 Å². The van der Waals surface area contributed by atoms with Crippen LogP contribution in [0.3, 0.4) is 0 Å². The maximum absolute atomic E-state index is 13.3. The van der Waals surface area contributed by atoms with E-state index in [4.69, 9.17) is 4.74 Å². The summed E-state index contributed by atoms with van der Waals surface area (Å²) in [5, 5.41) is 2.69. The highest BCUT2D eigenvalue weighted by atomic mass is 19.4. The van der Waals surface area contributed by atoms with Gasteiger partial charge in [0.2, 0.25) is 5.91 Å². The summed E-state index contributed by atoms with van der Waals surface area (Å²) in [6.45, 7) is 0.172. The van der Waals surface area contributed by atoms with Crippen LogP contribution in [0.25, 0.3) is 0 Å². The van der Waals surface area contributed by atoms with Crippen LogP contribution in [-0.4, -0.2) is 19.6 Å². The molecular formula is C19H19F4NO2. The number of alkyl halides is 3. The Bertz CT molecular complexity index is 729. The predicted octanol–water partition coefficient (Wildman–Crippen LogP) is 4.28. The summed E-state index contributed by atoms with van der Waals surface area (Å²) in [7, 11) is 1.46. The lowest BCUT2D eigenvalue weighted by molar-refractivity contribution is -0.137. The number of nitrogens with one attached hydrogen (secondary N) is 1. The van der Waals surface area contributed by atoms with Gasteiger partial charge in [-0.15, -0.1) is 0 Å². The lowest BCUT2D eigenvalue weighted by Crippen LogP contribution is -2.29. The molecule has 0 spiro atoms. The second-order valence-electron chi connectivity index (χ2n) is 5.78. The minimum absolute atomic E-state index is 0.130. The number of methoxy groups -OCH3 is 1. The summed E-state index contributed by atoms with van der Waals surface area (Å²) < 4.78 is 56.0. The Morgan fingerprint density at radius 1 is 1.15 bits per heavy atom. The van der Waals surface area contributed by atoms with Crippen LogP contribution in [0.2, 0.25) is 0 Å². The normalized spacial score (nSPS) is 12.7. The summed E-state index contributed by atoms with van der Waals surface area (Å²) in [5.41, 5.74) is 0.529. The molecule has 0 aliphatic carbocycles. The van der Waals surface area contributed by atoms with Gasteiger partial charge in [-0.1, -0.05) is 24.3 Å². The third-order valence-electron chi connectivity index (χ3n) is 3.91. The van der Waals surface area contributed by atoms with Crippen LogP contribution in [0.5, 0.6) is 0 Å². The number of ether oxygens (including phenoxy) is 1. The maximum atomic E-state index is 13.3. The van der Waals surface area contributed by atoms with Gasteiger partial charge in [0, 0.05) is 20.1 Å². The molecule has 2 aromatic rings. The molecular weight excluding hydrogens is 350 g/mol. The molecule has 0 saturated heterocycles. The zero-order valence-electron chi connectivity index (χ0n) is 14.1. The van der Waals surface area contributed by atoms with Crippen molar-refractivity contribution in [2.45, 2.75) is 25.1 Å². The van der Waals surface area contributed by atoms with Crippen molar-refractivity contribution in [1.82, 2.24) is 5.32 Å². The molecule has 2 aromatic carbocycles. The molecule has 0 fully saturated rings. The Hall–Kier alpha value is -2.41.